The number of benzene rings is 1. The van der Waals surface area contributed by atoms with E-state index in [1.54, 1.807) is 6.08 Å². The van der Waals surface area contributed by atoms with Gasteiger partial charge in [-0.3, -0.25) is 4.79 Å². The summed E-state index contributed by atoms with van der Waals surface area (Å²) in [5.74, 6) is 1.16. The molecule has 2 rings (SSSR count). The van der Waals surface area contributed by atoms with Crippen LogP contribution in [-0.2, 0) is 4.79 Å². The predicted molar refractivity (Wildman–Crippen MR) is 77.7 cm³/mol. The summed E-state index contributed by atoms with van der Waals surface area (Å²) in [5.41, 5.74) is 1.38. The molecule has 3 heteroatoms. The molecule has 96 valence electrons. The van der Waals surface area contributed by atoms with Crippen LogP contribution < -0.4 is 0 Å². The van der Waals surface area contributed by atoms with Crippen molar-refractivity contribution in [2.75, 3.05) is 18.8 Å². The van der Waals surface area contributed by atoms with E-state index in [1.165, 1.54) is 5.56 Å². The Bertz CT molecular complexity index is 416. The number of hydrogen-bond donors (Lipinski definition) is 0. The number of carbonyl (C=O) groups excluding carboxylic acids is 1. The van der Waals surface area contributed by atoms with Gasteiger partial charge in [0, 0.05) is 24.1 Å². The molecule has 1 aromatic carbocycles. The van der Waals surface area contributed by atoms with Crippen LogP contribution in [0, 0.1) is 0 Å². The standard InChI is InChI=1S/C15H19NOS/c1-2-6-15(17)16-10-9-14(18-12-11-16)13-7-4-3-5-8-13/h2-8,14H,9-12H2,1H3/b6-2+. The van der Waals surface area contributed by atoms with E-state index in [9.17, 15) is 4.79 Å². The topological polar surface area (TPSA) is 20.3 Å². The Kier molecular flexibility index (Phi) is 4.88. The van der Waals surface area contributed by atoms with Crippen molar-refractivity contribution >= 4 is 17.7 Å². The van der Waals surface area contributed by atoms with Gasteiger partial charge in [0.2, 0.25) is 5.91 Å². The summed E-state index contributed by atoms with van der Waals surface area (Å²) in [6.45, 7) is 3.60. The van der Waals surface area contributed by atoms with Crippen molar-refractivity contribution in [3.8, 4) is 0 Å². The number of carbonyl (C=O) groups is 1. The van der Waals surface area contributed by atoms with E-state index in [0.29, 0.717) is 5.25 Å². The molecular formula is C15H19NOS. The second kappa shape index (κ2) is 6.64. The summed E-state index contributed by atoms with van der Waals surface area (Å²) in [6.07, 6.45) is 4.51. The van der Waals surface area contributed by atoms with E-state index in [1.807, 2.05) is 35.7 Å². The van der Waals surface area contributed by atoms with Gasteiger partial charge in [0.05, 0.1) is 0 Å². The third-order valence-corrected chi connectivity index (χ3v) is 4.46. The van der Waals surface area contributed by atoms with E-state index in [0.717, 1.165) is 25.3 Å². The number of nitrogens with zero attached hydrogens (tertiary/aromatic N) is 1. The maximum atomic E-state index is 11.8. The number of rotatable bonds is 2. The summed E-state index contributed by atoms with van der Waals surface area (Å²) in [5, 5.41) is 0.523. The molecule has 0 aliphatic carbocycles. The Balaban J connectivity index is 1.99. The van der Waals surface area contributed by atoms with Gasteiger partial charge in [-0.2, -0.15) is 11.8 Å². The highest BCUT2D eigenvalue weighted by atomic mass is 32.2. The lowest BCUT2D eigenvalue weighted by Gasteiger charge is -2.18. The molecule has 0 radical (unpaired) electrons. The molecule has 1 fully saturated rings. The monoisotopic (exact) mass is 261 g/mol. The molecule has 2 nitrogen and oxygen atoms in total. The number of allylic oxidation sites excluding steroid dienone is 1. The van der Waals surface area contributed by atoms with Crippen LogP contribution in [0.5, 0.6) is 0 Å². The Labute approximate surface area is 113 Å². The maximum Gasteiger partial charge on any atom is 0.246 e. The molecule has 1 aliphatic heterocycles. The number of hydrogen-bond acceptors (Lipinski definition) is 2. The smallest absolute Gasteiger partial charge is 0.246 e. The molecule has 1 unspecified atom stereocenters. The van der Waals surface area contributed by atoms with Crippen molar-refractivity contribution < 1.29 is 4.79 Å². The summed E-state index contributed by atoms with van der Waals surface area (Å²) in [7, 11) is 0. The Morgan fingerprint density at radius 3 is 2.83 bits per heavy atom. The minimum Gasteiger partial charge on any atom is -0.338 e. The van der Waals surface area contributed by atoms with Crippen LogP contribution in [-0.4, -0.2) is 29.6 Å². The highest BCUT2D eigenvalue weighted by Gasteiger charge is 2.20. The van der Waals surface area contributed by atoms with Gasteiger partial charge in [-0.05, 0) is 25.0 Å². The largest absolute Gasteiger partial charge is 0.338 e. The van der Waals surface area contributed by atoms with Crippen LogP contribution >= 0.6 is 11.8 Å². The van der Waals surface area contributed by atoms with Gasteiger partial charge in [-0.1, -0.05) is 36.4 Å². The molecule has 0 spiro atoms. The molecule has 0 N–H and O–H groups in total. The molecule has 0 bridgehead atoms. The van der Waals surface area contributed by atoms with Crippen LogP contribution in [0.1, 0.15) is 24.2 Å². The minimum absolute atomic E-state index is 0.145. The van der Waals surface area contributed by atoms with Crippen molar-refractivity contribution in [3.05, 3.63) is 48.0 Å². The lowest BCUT2D eigenvalue weighted by molar-refractivity contribution is -0.125. The summed E-state index contributed by atoms with van der Waals surface area (Å²) in [4.78, 5) is 13.8. The summed E-state index contributed by atoms with van der Waals surface area (Å²) in [6, 6.07) is 10.6. The van der Waals surface area contributed by atoms with Crippen LogP contribution in [0.25, 0.3) is 0 Å². The first-order valence-electron chi connectivity index (χ1n) is 6.39. The van der Waals surface area contributed by atoms with Gasteiger partial charge in [0.1, 0.15) is 0 Å². The third kappa shape index (κ3) is 3.39. The van der Waals surface area contributed by atoms with E-state index >= 15 is 0 Å². The van der Waals surface area contributed by atoms with Gasteiger partial charge in [0.15, 0.2) is 0 Å². The summed E-state index contributed by atoms with van der Waals surface area (Å²) < 4.78 is 0. The van der Waals surface area contributed by atoms with Crippen molar-refractivity contribution in [1.82, 2.24) is 4.90 Å². The van der Waals surface area contributed by atoms with Crippen molar-refractivity contribution in [2.45, 2.75) is 18.6 Å². The molecule has 0 saturated carbocycles. The van der Waals surface area contributed by atoms with E-state index in [4.69, 9.17) is 0 Å². The first-order chi connectivity index (χ1) is 8.81. The number of thioether (sulfide) groups is 1. The minimum atomic E-state index is 0.145. The molecule has 1 amide bonds. The van der Waals surface area contributed by atoms with Crippen LogP contribution in [0.3, 0.4) is 0 Å². The lowest BCUT2D eigenvalue weighted by atomic mass is 10.1. The Morgan fingerprint density at radius 2 is 2.11 bits per heavy atom. The van der Waals surface area contributed by atoms with E-state index in [-0.39, 0.29) is 5.91 Å². The van der Waals surface area contributed by atoms with Crippen molar-refractivity contribution in [1.29, 1.82) is 0 Å². The molecule has 0 aromatic heterocycles. The van der Waals surface area contributed by atoms with Crippen molar-refractivity contribution in [3.63, 3.8) is 0 Å². The molecule has 1 heterocycles. The SMILES string of the molecule is C/C=C/C(=O)N1CCSC(c2ccccc2)CC1. The highest BCUT2D eigenvalue weighted by molar-refractivity contribution is 7.99. The zero-order valence-corrected chi connectivity index (χ0v) is 11.5. The average molecular weight is 261 g/mol. The maximum absolute atomic E-state index is 11.8. The second-order valence-electron chi connectivity index (χ2n) is 4.38. The second-order valence-corrected chi connectivity index (χ2v) is 5.69. The Hall–Kier alpha value is -1.22. The van der Waals surface area contributed by atoms with Gasteiger partial charge in [-0.15, -0.1) is 0 Å². The van der Waals surface area contributed by atoms with Gasteiger partial charge in [-0.25, -0.2) is 0 Å². The highest BCUT2D eigenvalue weighted by Crippen LogP contribution is 2.34. The normalized spacial score (nSPS) is 20.9. The fraction of sp³-hybridized carbons (Fsp3) is 0.400. The lowest BCUT2D eigenvalue weighted by Crippen LogP contribution is -2.31. The van der Waals surface area contributed by atoms with Crippen LogP contribution in [0.2, 0.25) is 0 Å². The third-order valence-electron chi connectivity index (χ3n) is 3.13. The molecule has 1 atom stereocenters. The van der Waals surface area contributed by atoms with Gasteiger partial charge >= 0.3 is 0 Å². The molecule has 1 aromatic rings. The first-order valence-corrected chi connectivity index (χ1v) is 7.44. The van der Waals surface area contributed by atoms with E-state index < -0.39 is 0 Å². The molecule has 18 heavy (non-hydrogen) atoms. The first kappa shape index (κ1) is 13.2. The van der Waals surface area contributed by atoms with Gasteiger partial charge in [0.25, 0.3) is 0 Å². The fourth-order valence-electron chi connectivity index (χ4n) is 2.17. The number of amides is 1. The fourth-order valence-corrected chi connectivity index (χ4v) is 3.40. The summed E-state index contributed by atoms with van der Waals surface area (Å²) >= 11 is 1.96. The molecule has 1 saturated heterocycles. The average Bonchev–Trinajstić information content (AvgIpc) is 2.66. The quantitative estimate of drug-likeness (QED) is 0.762. The van der Waals surface area contributed by atoms with Crippen molar-refractivity contribution in [2.24, 2.45) is 0 Å². The predicted octanol–water partition coefficient (Wildman–Crippen LogP) is 3.27. The zero-order valence-electron chi connectivity index (χ0n) is 10.7. The Morgan fingerprint density at radius 1 is 1.33 bits per heavy atom. The van der Waals surface area contributed by atoms with Crippen LogP contribution in [0.4, 0.5) is 0 Å². The van der Waals surface area contributed by atoms with E-state index in [2.05, 4.69) is 24.3 Å². The zero-order chi connectivity index (χ0) is 12.8. The van der Waals surface area contributed by atoms with Crippen LogP contribution in [0.15, 0.2) is 42.5 Å². The molecular weight excluding hydrogens is 242 g/mol. The molecule has 1 aliphatic rings. The van der Waals surface area contributed by atoms with Gasteiger partial charge < -0.3 is 4.90 Å².